The zero-order valence-corrected chi connectivity index (χ0v) is 18.1. The van der Waals surface area contributed by atoms with Crippen LogP contribution in [0.5, 0.6) is 0 Å². The number of hydrogen-bond acceptors (Lipinski definition) is 7. The van der Waals surface area contributed by atoms with Crippen LogP contribution in [0.25, 0.3) is 16.8 Å². The number of nitrogens with one attached hydrogen (secondary N) is 2. The van der Waals surface area contributed by atoms with Crippen LogP contribution in [0.1, 0.15) is 49.2 Å². The van der Waals surface area contributed by atoms with Gasteiger partial charge in [-0.15, -0.1) is 11.3 Å². The normalized spacial score (nSPS) is 16.1. The van der Waals surface area contributed by atoms with E-state index < -0.39 is 5.97 Å². The third-order valence-electron chi connectivity index (χ3n) is 4.60. The number of H-pyrrole nitrogens is 1. The molecule has 0 saturated carbocycles. The number of allylic oxidation sites excluding steroid dienone is 2. The van der Waals surface area contributed by atoms with Crippen LogP contribution in [0, 0.1) is 0 Å². The fraction of sp³-hybridized carbons (Fsp3) is 0.381. The lowest BCUT2D eigenvalue weighted by atomic mass is 10.0. The van der Waals surface area contributed by atoms with Gasteiger partial charge < -0.3 is 15.0 Å². The lowest BCUT2D eigenvalue weighted by Gasteiger charge is -2.24. The van der Waals surface area contributed by atoms with Crippen LogP contribution in [0.2, 0.25) is 0 Å². The van der Waals surface area contributed by atoms with E-state index in [1.54, 1.807) is 13.0 Å². The van der Waals surface area contributed by atoms with Crippen LogP contribution in [-0.2, 0) is 4.74 Å². The lowest BCUT2D eigenvalue weighted by molar-refractivity contribution is 0.0524. The fourth-order valence-corrected chi connectivity index (χ4v) is 3.88. The molecule has 1 aliphatic heterocycles. The number of likely N-dealkylation sites (N-methyl/N-ethyl adjacent to an activating group) is 1. The second kappa shape index (κ2) is 8.75. The summed E-state index contributed by atoms with van der Waals surface area (Å²) in [6, 6.07) is 1.60. The number of ether oxygens (including phenoxy) is 1. The number of aromatic nitrogens is 2. The van der Waals surface area contributed by atoms with Gasteiger partial charge in [-0.05, 0) is 51.4 Å². The molecule has 3 rings (SSSR count). The molecule has 3 heterocycles. The Labute approximate surface area is 175 Å². The average molecular weight is 417 g/mol. The van der Waals surface area contributed by atoms with Crippen LogP contribution in [0.15, 0.2) is 34.6 Å². The fourth-order valence-electron chi connectivity index (χ4n) is 3.05. The molecule has 1 atom stereocenters. The van der Waals surface area contributed by atoms with Gasteiger partial charge in [0.25, 0.3) is 5.56 Å². The van der Waals surface area contributed by atoms with E-state index >= 15 is 0 Å². The molecule has 2 aromatic heterocycles. The first kappa shape index (κ1) is 21.0. The number of nitrogens with zero attached hydrogens (tertiary/aromatic N) is 2. The van der Waals surface area contributed by atoms with Crippen molar-refractivity contribution in [2.24, 2.45) is 0 Å². The second-order valence-electron chi connectivity index (χ2n) is 7.28. The zero-order valence-electron chi connectivity index (χ0n) is 17.3. The minimum Gasteiger partial charge on any atom is -0.462 e. The Hall–Kier alpha value is -2.71. The number of hydrogen-bond donors (Lipinski definition) is 2. The van der Waals surface area contributed by atoms with Gasteiger partial charge in [0.1, 0.15) is 5.01 Å². The first-order valence-corrected chi connectivity index (χ1v) is 10.4. The second-order valence-corrected chi connectivity index (χ2v) is 8.14. The molecule has 0 saturated heterocycles. The highest BCUT2D eigenvalue weighted by atomic mass is 32.1. The minimum absolute atomic E-state index is 0. The summed E-state index contributed by atoms with van der Waals surface area (Å²) < 4.78 is 5.18. The van der Waals surface area contributed by atoms with Crippen molar-refractivity contribution < 1.29 is 11.0 Å². The first-order chi connectivity index (χ1) is 13.8. The van der Waals surface area contributed by atoms with Crippen molar-refractivity contribution >= 4 is 22.9 Å². The molecule has 29 heavy (non-hydrogen) atoms. The summed E-state index contributed by atoms with van der Waals surface area (Å²) in [7, 11) is 3.98. The van der Waals surface area contributed by atoms with E-state index in [-0.39, 0.29) is 25.7 Å². The molecule has 0 aromatic carbocycles. The zero-order chi connectivity index (χ0) is 21.1. The number of aromatic amines is 1. The Morgan fingerprint density at radius 1 is 1.41 bits per heavy atom. The van der Waals surface area contributed by atoms with Crippen LogP contribution in [0.4, 0.5) is 0 Å². The van der Waals surface area contributed by atoms with Crippen molar-refractivity contribution in [1.29, 1.82) is 0 Å². The van der Waals surface area contributed by atoms with Crippen molar-refractivity contribution in [1.82, 2.24) is 20.2 Å². The third-order valence-corrected chi connectivity index (χ3v) is 5.49. The van der Waals surface area contributed by atoms with Crippen LogP contribution < -0.4 is 10.9 Å². The molecule has 0 fully saturated rings. The largest absolute Gasteiger partial charge is 0.462 e. The van der Waals surface area contributed by atoms with Crippen molar-refractivity contribution in [3.63, 3.8) is 0 Å². The average Bonchev–Trinajstić information content (AvgIpc) is 3.17. The Morgan fingerprint density at radius 3 is 2.83 bits per heavy atom. The highest BCUT2D eigenvalue weighted by Gasteiger charge is 2.21. The summed E-state index contributed by atoms with van der Waals surface area (Å²) >= 11 is 1.46. The van der Waals surface area contributed by atoms with E-state index in [1.807, 2.05) is 45.6 Å². The van der Waals surface area contributed by atoms with Gasteiger partial charge in [-0.1, -0.05) is 13.8 Å². The van der Waals surface area contributed by atoms with Crippen LogP contribution >= 0.6 is 11.3 Å². The molecular formula is C21H28N4O3S. The van der Waals surface area contributed by atoms with Gasteiger partial charge in [-0.3, -0.25) is 9.69 Å². The van der Waals surface area contributed by atoms with E-state index in [4.69, 9.17) is 4.74 Å². The summed E-state index contributed by atoms with van der Waals surface area (Å²) in [6.45, 7) is 5.87. The highest BCUT2D eigenvalue weighted by molar-refractivity contribution is 7.11. The molecule has 0 aliphatic carbocycles. The molecule has 1 unspecified atom stereocenters. The molecule has 0 radical (unpaired) electrons. The maximum Gasteiger partial charge on any atom is 0.339 e. The lowest BCUT2D eigenvalue weighted by Crippen LogP contribution is -2.38. The quantitative estimate of drug-likeness (QED) is 0.702. The Kier molecular flexibility index (Phi) is 6.34. The van der Waals surface area contributed by atoms with Crippen molar-refractivity contribution in [2.45, 2.75) is 32.9 Å². The van der Waals surface area contributed by atoms with Crippen molar-refractivity contribution in [3.05, 3.63) is 56.4 Å². The first-order valence-electron chi connectivity index (χ1n) is 9.53. The maximum absolute atomic E-state index is 12.7. The van der Waals surface area contributed by atoms with E-state index in [2.05, 4.69) is 26.3 Å². The predicted molar refractivity (Wildman–Crippen MR) is 118 cm³/mol. The minimum atomic E-state index is -0.443. The van der Waals surface area contributed by atoms with E-state index in [0.29, 0.717) is 22.5 Å². The number of carbonyl (C=O) groups is 1. The number of dihydropyridines is 1. The topological polar surface area (TPSA) is 87.3 Å². The van der Waals surface area contributed by atoms with Crippen LogP contribution in [0.3, 0.4) is 0 Å². The summed E-state index contributed by atoms with van der Waals surface area (Å²) in [5.74, 6) is -0.461. The molecule has 1 aliphatic rings. The maximum atomic E-state index is 12.7. The van der Waals surface area contributed by atoms with Gasteiger partial charge >= 0.3 is 5.97 Å². The number of carbonyl (C=O) groups excluding carboxylic acids is 1. The molecule has 156 valence electrons. The van der Waals surface area contributed by atoms with E-state index in [0.717, 1.165) is 10.6 Å². The van der Waals surface area contributed by atoms with E-state index in [1.165, 1.54) is 11.3 Å². The number of thiazole rings is 1. The van der Waals surface area contributed by atoms with Gasteiger partial charge in [0.2, 0.25) is 0 Å². The highest BCUT2D eigenvalue weighted by Crippen LogP contribution is 2.28. The predicted octanol–water partition coefficient (Wildman–Crippen LogP) is 3.43. The molecular weight excluding hydrogens is 388 g/mol. The van der Waals surface area contributed by atoms with Crippen molar-refractivity contribution in [3.8, 4) is 11.3 Å². The van der Waals surface area contributed by atoms with Crippen LogP contribution in [-0.4, -0.2) is 47.7 Å². The summed E-state index contributed by atoms with van der Waals surface area (Å²) in [4.78, 5) is 34.7. The summed E-state index contributed by atoms with van der Waals surface area (Å²) in [5.41, 5.74) is 2.58. The Bertz CT molecular complexity index is 1020. The van der Waals surface area contributed by atoms with E-state index in [9.17, 15) is 9.59 Å². The number of pyridine rings is 1. The number of rotatable bonds is 6. The molecule has 0 amide bonds. The monoisotopic (exact) mass is 416 g/mol. The SMILES string of the molecule is CCOC(=O)c1cc(-c2csc(C3=CC(N(C)C)NC=C3)n2)c(=O)[nH]c1C(C)C.[HH]. The Morgan fingerprint density at radius 2 is 2.17 bits per heavy atom. The van der Waals surface area contributed by atoms with Gasteiger partial charge in [-0.2, -0.15) is 0 Å². The van der Waals surface area contributed by atoms with Gasteiger partial charge in [0.05, 0.1) is 29.6 Å². The Balaban J connectivity index is 0.00000320. The molecule has 2 aromatic rings. The third kappa shape index (κ3) is 4.49. The molecule has 2 N–H and O–H groups in total. The molecule has 7 nitrogen and oxygen atoms in total. The van der Waals surface area contributed by atoms with Gasteiger partial charge in [-0.25, -0.2) is 9.78 Å². The molecule has 8 heteroatoms. The van der Waals surface area contributed by atoms with Gasteiger partial charge in [0.15, 0.2) is 0 Å². The molecule has 0 spiro atoms. The van der Waals surface area contributed by atoms with Crippen molar-refractivity contribution in [2.75, 3.05) is 20.7 Å². The number of esters is 1. The summed E-state index contributed by atoms with van der Waals surface area (Å²) in [6.07, 6.45) is 6.01. The summed E-state index contributed by atoms with van der Waals surface area (Å²) in [5, 5.41) is 5.91. The molecule has 0 bridgehead atoms. The standard InChI is InChI=1S/C21H26N4O3S.H2/c1-6-28-21(27)15-10-14(19(26)24-18(15)12(2)3)16-11-29-20(23-16)13-7-8-22-17(9-13)25(4)5;/h7-12,17,22H,6H2,1-5H3,(H,24,26);1H. The van der Waals surface area contributed by atoms with Gasteiger partial charge in [0, 0.05) is 18.1 Å². The smallest absolute Gasteiger partial charge is 0.339 e.